The van der Waals surface area contributed by atoms with Crippen molar-refractivity contribution >= 4 is 36.4 Å². The summed E-state index contributed by atoms with van der Waals surface area (Å²) in [7, 11) is 0. The second-order valence-electron chi connectivity index (χ2n) is 7.15. The lowest BCUT2D eigenvalue weighted by atomic mass is 10.1. The summed E-state index contributed by atoms with van der Waals surface area (Å²) in [6.45, 7) is 3.88. The van der Waals surface area contributed by atoms with Gasteiger partial charge in [0.2, 0.25) is 5.91 Å². The largest absolute Gasteiger partial charge is 0.378 e. The number of rotatable bonds is 9. The number of amides is 1. The van der Waals surface area contributed by atoms with E-state index < -0.39 is 0 Å². The van der Waals surface area contributed by atoms with Gasteiger partial charge in [-0.3, -0.25) is 9.78 Å². The number of hydrogen-bond acceptors (Lipinski definition) is 5. The molecule has 0 bridgehead atoms. The van der Waals surface area contributed by atoms with Crippen LogP contribution in [-0.2, 0) is 16.1 Å². The summed E-state index contributed by atoms with van der Waals surface area (Å²) in [6, 6.07) is 14.0. The van der Waals surface area contributed by atoms with E-state index in [1.165, 1.54) is 0 Å². The molecule has 30 heavy (non-hydrogen) atoms. The summed E-state index contributed by atoms with van der Waals surface area (Å²) in [5, 5.41) is 0. The molecule has 2 heterocycles. The Balaban J connectivity index is 0.00000225. The van der Waals surface area contributed by atoms with Gasteiger partial charge >= 0.3 is 0 Å². The standard InChI is InChI=1S/C22H30N4O2.2ClH/c23-11-5-15-28-21-9-13-25(14-10-21)22(27)18-26(20-7-2-1-3-8-20)17-19-6-4-12-24-16-19;;/h1-4,6-8,12,16,21H,5,9-11,13-15,17-18,23H2;2*1H. The number of likely N-dealkylation sites (tertiary alicyclic amines) is 1. The van der Waals surface area contributed by atoms with E-state index in [4.69, 9.17) is 10.5 Å². The topological polar surface area (TPSA) is 71.7 Å². The third kappa shape index (κ3) is 8.11. The summed E-state index contributed by atoms with van der Waals surface area (Å²) in [5.41, 5.74) is 7.64. The quantitative estimate of drug-likeness (QED) is 0.588. The summed E-state index contributed by atoms with van der Waals surface area (Å²) < 4.78 is 5.85. The lowest BCUT2D eigenvalue weighted by Gasteiger charge is -2.34. The highest BCUT2D eigenvalue weighted by Gasteiger charge is 2.24. The molecule has 1 aromatic carbocycles. The predicted molar refractivity (Wildman–Crippen MR) is 125 cm³/mol. The van der Waals surface area contributed by atoms with Crippen LogP contribution in [0.1, 0.15) is 24.8 Å². The van der Waals surface area contributed by atoms with Crippen molar-refractivity contribution < 1.29 is 9.53 Å². The van der Waals surface area contributed by atoms with Crippen molar-refractivity contribution in [3.05, 3.63) is 60.4 Å². The molecule has 0 spiro atoms. The van der Waals surface area contributed by atoms with Gasteiger partial charge in [-0.05, 0) is 49.6 Å². The zero-order chi connectivity index (χ0) is 19.6. The molecule has 0 saturated carbocycles. The second-order valence-corrected chi connectivity index (χ2v) is 7.15. The minimum absolute atomic E-state index is 0. The Hall–Kier alpha value is -1.86. The number of halogens is 2. The van der Waals surface area contributed by atoms with Crippen molar-refractivity contribution in [1.82, 2.24) is 9.88 Å². The summed E-state index contributed by atoms with van der Waals surface area (Å²) in [5.74, 6) is 0.160. The fraction of sp³-hybridized carbons (Fsp3) is 0.455. The van der Waals surface area contributed by atoms with Gasteiger partial charge in [0.1, 0.15) is 0 Å². The zero-order valence-corrected chi connectivity index (χ0v) is 18.8. The van der Waals surface area contributed by atoms with Crippen LogP contribution in [0, 0.1) is 0 Å². The van der Waals surface area contributed by atoms with E-state index in [1.54, 1.807) is 6.20 Å². The van der Waals surface area contributed by atoms with Crippen LogP contribution in [-0.4, -0.2) is 54.7 Å². The third-order valence-corrected chi connectivity index (χ3v) is 5.04. The molecule has 1 amide bonds. The number of hydrogen-bond donors (Lipinski definition) is 1. The highest BCUT2D eigenvalue weighted by atomic mass is 35.5. The van der Waals surface area contributed by atoms with E-state index in [0.29, 0.717) is 26.2 Å². The van der Waals surface area contributed by atoms with Gasteiger partial charge in [0.05, 0.1) is 12.6 Å². The van der Waals surface area contributed by atoms with Crippen LogP contribution < -0.4 is 10.6 Å². The Morgan fingerprint density at radius 3 is 2.50 bits per heavy atom. The van der Waals surface area contributed by atoms with Crippen LogP contribution in [0.15, 0.2) is 54.9 Å². The lowest BCUT2D eigenvalue weighted by Crippen LogP contribution is -2.45. The first-order chi connectivity index (χ1) is 13.8. The number of carbonyl (C=O) groups excluding carboxylic acids is 1. The molecule has 0 atom stereocenters. The molecule has 2 N–H and O–H groups in total. The van der Waals surface area contributed by atoms with Gasteiger partial charge in [0.25, 0.3) is 0 Å². The third-order valence-electron chi connectivity index (χ3n) is 5.04. The minimum Gasteiger partial charge on any atom is -0.378 e. The van der Waals surface area contributed by atoms with E-state index in [2.05, 4.69) is 9.88 Å². The first-order valence-corrected chi connectivity index (χ1v) is 10.0. The Morgan fingerprint density at radius 2 is 1.87 bits per heavy atom. The fourth-order valence-corrected chi connectivity index (χ4v) is 3.46. The van der Waals surface area contributed by atoms with Gasteiger partial charge in [-0.2, -0.15) is 0 Å². The van der Waals surface area contributed by atoms with Gasteiger partial charge in [-0.25, -0.2) is 0 Å². The summed E-state index contributed by atoms with van der Waals surface area (Å²) in [4.78, 5) is 21.2. The predicted octanol–water partition coefficient (Wildman–Crippen LogP) is 3.29. The van der Waals surface area contributed by atoms with Crippen molar-refractivity contribution in [2.24, 2.45) is 5.73 Å². The number of para-hydroxylation sites is 1. The molecular weight excluding hydrogens is 423 g/mol. The Bertz CT molecular complexity index is 714. The van der Waals surface area contributed by atoms with Crippen molar-refractivity contribution in [2.75, 3.05) is 37.7 Å². The Kier molecular flexibility index (Phi) is 12.4. The molecule has 1 fully saturated rings. The molecule has 1 aliphatic heterocycles. The lowest BCUT2D eigenvalue weighted by molar-refractivity contribution is -0.132. The van der Waals surface area contributed by atoms with E-state index in [0.717, 1.165) is 43.6 Å². The maximum Gasteiger partial charge on any atom is 0.242 e. The Labute approximate surface area is 191 Å². The number of pyridine rings is 1. The molecule has 1 aliphatic rings. The molecular formula is C22H32Cl2N4O2. The number of benzene rings is 1. The summed E-state index contributed by atoms with van der Waals surface area (Å²) >= 11 is 0. The maximum atomic E-state index is 13.0. The molecule has 8 heteroatoms. The van der Waals surface area contributed by atoms with Crippen LogP contribution in [0.25, 0.3) is 0 Å². The van der Waals surface area contributed by atoms with Crippen LogP contribution in [0.4, 0.5) is 5.69 Å². The molecule has 2 aromatic rings. The van der Waals surface area contributed by atoms with E-state index >= 15 is 0 Å². The molecule has 1 saturated heterocycles. The van der Waals surface area contributed by atoms with Crippen LogP contribution in [0.2, 0.25) is 0 Å². The molecule has 0 radical (unpaired) electrons. The fourth-order valence-electron chi connectivity index (χ4n) is 3.46. The van der Waals surface area contributed by atoms with Crippen LogP contribution in [0.5, 0.6) is 0 Å². The number of piperidine rings is 1. The van der Waals surface area contributed by atoms with Crippen LogP contribution in [0.3, 0.4) is 0 Å². The highest BCUT2D eigenvalue weighted by molar-refractivity contribution is 5.85. The smallest absolute Gasteiger partial charge is 0.242 e. The van der Waals surface area contributed by atoms with Crippen molar-refractivity contribution in [3.63, 3.8) is 0 Å². The number of carbonyl (C=O) groups is 1. The average Bonchev–Trinajstić information content (AvgIpc) is 2.75. The maximum absolute atomic E-state index is 13.0. The van der Waals surface area contributed by atoms with Gasteiger partial charge in [0, 0.05) is 44.3 Å². The highest BCUT2D eigenvalue weighted by Crippen LogP contribution is 2.19. The monoisotopic (exact) mass is 454 g/mol. The number of ether oxygens (including phenoxy) is 1. The molecule has 6 nitrogen and oxygen atoms in total. The number of nitrogens with two attached hydrogens (primary N) is 1. The number of anilines is 1. The van der Waals surface area contributed by atoms with E-state index in [-0.39, 0.29) is 36.8 Å². The normalized spacial score (nSPS) is 13.8. The van der Waals surface area contributed by atoms with E-state index in [9.17, 15) is 4.79 Å². The molecule has 0 unspecified atom stereocenters. The molecule has 0 aliphatic carbocycles. The first kappa shape index (κ1) is 26.2. The van der Waals surface area contributed by atoms with E-state index in [1.807, 2.05) is 53.6 Å². The molecule has 166 valence electrons. The zero-order valence-electron chi connectivity index (χ0n) is 17.2. The number of aromatic nitrogens is 1. The minimum atomic E-state index is 0. The van der Waals surface area contributed by atoms with Gasteiger partial charge in [0.15, 0.2) is 0 Å². The van der Waals surface area contributed by atoms with Crippen molar-refractivity contribution in [1.29, 1.82) is 0 Å². The molecule has 1 aromatic heterocycles. The van der Waals surface area contributed by atoms with Gasteiger partial charge < -0.3 is 20.3 Å². The number of nitrogens with zero attached hydrogens (tertiary/aromatic N) is 3. The van der Waals surface area contributed by atoms with Gasteiger partial charge in [-0.1, -0.05) is 24.3 Å². The first-order valence-electron chi connectivity index (χ1n) is 10.0. The van der Waals surface area contributed by atoms with Crippen molar-refractivity contribution in [2.45, 2.75) is 31.9 Å². The van der Waals surface area contributed by atoms with Crippen LogP contribution >= 0.6 is 24.8 Å². The Morgan fingerprint density at radius 1 is 1.13 bits per heavy atom. The SMILES string of the molecule is Cl.Cl.NCCCOC1CCN(C(=O)CN(Cc2cccnc2)c2ccccc2)CC1. The average molecular weight is 455 g/mol. The van der Waals surface area contributed by atoms with Gasteiger partial charge in [-0.15, -0.1) is 24.8 Å². The summed E-state index contributed by atoms with van der Waals surface area (Å²) in [6.07, 6.45) is 6.54. The van der Waals surface area contributed by atoms with Crippen molar-refractivity contribution in [3.8, 4) is 0 Å². The second kappa shape index (κ2) is 14.2. The molecule has 3 rings (SSSR count).